The smallest absolute Gasteiger partial charge is 0.378 e. The van der Waals surface area contributed by atoms with Crippen molar-refractivity contribution in [3.05, 3.63) is 52.3 Å². The minimum atomic E-state index is -4.55. The van der Waals surface area contributed by atoms with Gasteiger partial charge in [-0.05, 0) is 19.4 Å². The van der Waals surface area contributed by atoms with E-state index < -0.39 is 29.9 Å². The Morgan fingerprint density at radius 2 is 1.83 bits per heavy atom. The van der Waals surface area contributed by atoms with Crippen molar-refractivity contribution in [1.29, 1.82) is 0 Å². The van der Waals surface area contributed by atoms with Crippen molar-refractivity contribution >= 4 is 11.8 Å². The highest BCUT2D eigenvalue weighted by molar-refractivity contribution is 5.52. The Labute approximate surface area is 166 Å². The number of nitrogens with zero attached hydrogens (tertiary/aromatic N) is 4. The number of benzene rings is 1. The van der Waals surface area contributed by atoms with E-state index >= 15 is 0 Å². The molecule has 0 amide bonds. The summed E-state index contributed by atoms with van der Waals surface area (Å²) in [5.41, 5.74) is -2.00. The Morgan fingerprint density at radius 1 is 1.17 bits per heavy atom. The summed E-state index contributed by atoms with van der Waals surface area (Å²) in [7, 11) is 0. The van der Waals surface area contributed by atoms with Crippen LogP contribution in [0.4, 0.5) is 24.9 Å². The van der Waals surface area contributed by atoms with Crippen LogP contribution in [0.3, 0.4) is 0 Å². The molecular weight excluding hydrogens is 385 g/mol. The molecule has 3 heterocycles. The highest BCUT2D eigenvalue weighted by atomic mass is 19.4. The molecule has 9 heteroatoms. The van der Waals surface area contributed by atoms with Gasteiger partial charge in [-0.2, -0.15) is 18.2 Å². The van der Waals surface area contributed by atoms with Crippen LogP contribution in [0, 0.1) is 0 Å². The predicted molar refractivity (Wildman–Crippen MR) is 103 cm³/mol. The Balaban J connectivity index is 1.85. The third-order valence-electron chi connectivity index (χ3n) is 5.80. The van der Waals surface area contributed by atoms with Gasteiger partial charge < -0.3 is 14.5 Å². The van der Waals surface area contributed by atoms with Crippen molar-refractivity contribution in [3.63, 3.8) is 0 Å². The van der Waals surface area contributed by atoms with Gasteiger partial charge >= 0.3 is 6.18 Å². The maximum Gasteiger partial charge on any atom is 0.413 e. The van der Waals surface area contributed by atoms with E-state index in [0.717, 1.165) is 17.1 Å². The zero-order valence-corrected chi connectivity index (χ0v) is 16.3. The van der Waals surface area contributed by atoms with Crippen LogP contribution in [0.2, 0.25) is 0 Å². The molecule has 1 saturated heterocycles. The molecule has 4 rings (SSSR count). The molecule has 2 atom stereocenters. The Morgan fingerprint density at radius 3 is 2.45 bits per heavy atom. The summed E-state index contributed by atoms with van der Waals surface area (Å²) in [6.07, 6.45) is -4.55. The van der Waals surface area contributed by atoms with Crippen LogP contribution >= 0.6 is 0 Å². The normalized spacial score (nSPS) is 23.2. The second-order valence-corrected chi connectivity index (χ2v) is 7.67. The summed E-state index contributed by atoms with van der Waals surface area (Å²) < 4.78 is 49.1. The van der Waals surface area contributed by atoms with E-state index in [1.165, 1.54) is 11.0 Å². The molecule has 2 aliphatic heterocycles. The number of rotatable bonds is 3. The van der Waals surface area contributed by atoms with Gasteiger partial charge in [0.2, 0.25) is 5.95 Å². The molecule has 1 aromatic carbocycles. The summed E-state index contributed by atoms with van der Waals surface area (Å²) in [5, 5.41) is 0. The van der Waals surface area contributed by atoms with Crippen molar-refractivity contribution in [2.45, 2.75) is 38.1 Å². The number of fused-ring (bicyclic) bond motifs is 1. The summed E-state index contributed by atoms with van der Waals surface area (Å²) in [4.78, 5) is 20.4. The summed E-state index contributed by atoms with van der Waals surface area (Å²) in [5.74, 6) is 0.441. The molecule has 0 aliphatic carbocycles. The molecular formula is C20H23F3N4O2. The fraction of sp³-hybridized carbons (Fsp3) is 0.500. The van der Waals surface area contributed by atoms with Crippen LogP contribution in [-0.4, -0.2) is 47.6 Å². The summed E-state index contributed by atoms with van der Waals surface area (Å²) in [6, 6.07) is 9.67. The summed E-state index contributed by atoms with van der Waals surface area (Å²) in [6.45, 7) is 4.42. The molecule has 156 valence electrons. The van der Waals surface area contributed by atoms with Crippen LogP contribution in [-0.2, 0) is 11.3 Å². The van der Waals surface area contributed by atoms with Crippen molar-refractivity contribution in [2.24, 2.45) is 0 Å². The van der Waals surface area contributed by atoms with Crippen molar-refractivity contribution < 1.29 is 17.9 Å². The first-order valence-electron chi connectivity index (χ1n) is 9.58. The lowest BCUT2D eigenvalue weighted by molar-refractivity contribution is -0.183. The molecule has 2 aromatic rings. The topological polar surface area (TPSA) is 50.6 Å². The predicted octanol–water partition coefficient (Wildman–Crippen LogP) is 2.98. The standard InChI is InChI=1S/C20H23F3N4O2/c1-14(15-6-4-3-5-7-15)27-18-24-16(25-8-10-29-11-9-25)12-17(28)26(18)13-19(27,2)20(21,22)23/h3-7,12,14H,8-11,13H2,1-2H3/t14?,19-/m0/s1. The minimum Gasteiger partial charge on any atom is -0.378 e. The molecule has 0 N–H and O–H groups in total. The van der Waals surface area contributed by atoms with Gasteiger partial charge in [0.1, 0.15) is 5.82 Å². The zero-order chi connectivity index (χ0) is 20.8. The second kappa shape index (κ2) is 7.05. The summed E-state index contributed by atoms with van der Waals surface area (Å²) >= 11 is 0. The number of hydrogen-bond donors (Lipinski definition) is 0. The van der Waals surface area contributed by atoms with Crippen LogP contribution in [0.5, 0.6) is 0 Å². The number of aromatic nitrogens is 2. The monoisotopic (exact) mass is 408 g/mol. The van der Waals surface area contributed by atoms with Crippen molar-refractivity contribution in [2.75, 3.05) is 36.1 Å². The highest BCUT2D eigenvalue weighted by Gasteiger charge is 2.61. The first kappa shape index (κ1) is 19.8. The Hall–Kier alpha value is -2.55. The van der Waals surface area contributed by atoms with Crippen LogP contribution in [0.1, 0.15) is 25.5 Å². The molecule has 1 fully saturated rings. The molecule has 29 heavy (non-hydrogen) atoms. The number of morpholine rings is 1. The fourth-order valence-corrected chi connectivity index (χ4v) is 4.08. The molecule has 1 aromatic heterocycles. The quantitative estimate of drug-likeness (QED) is 0.782. The van der Waals surface area contributed by atoms with Gasteiger partial charge in [-0.3, -0.25) is 9.36 Å². The Kier molecular flexibility index (Phi) is 4.80. The van der Waals surface area contributed by atoms with Gasteiger partial charge in [-0.25, -0.2) is 0 Å². The number of hydrogen-bond acceptors (Lipinski definition) is 5. The van der Waals surface area contributed by atoms with Crippen LogP contribution < -0.4 is 15.4 Å². The van der Waals surface area contributed by atoms with E-state index in [4.69, 9.17) is 4.74 Å². The van der Waals surface area contributed by atoms with Crippen LogP contribution in [0.15, 0.2) is 41.2 Å². The van der Waals surface area contributed by atoms with E-state index in [9.17, 15) is 18.0 Å². The van der Waals surface area contributed by atoms with Crippen molar-refractivity contribution in [1.82, 2.24) is 9.55 Å². The van der Waals surface area contributed by atoms with Crippen molar-refractivity contribution in [3.8, 4) is 0 Å². The molecule has 0 saturated carbocycles. The third-order valence-corrected chi connectivity index (χ3v) is 5.80. The lowest BCUT2D eigenvalue weighted by atomic mass is 9.96. The SMILES string of the molecule is CC(c1ccccc1)N1c2nc(N3CCOCC3)cc(=O)n2C[C@@]1(C)C(F)(F)F. The number of anilines is 2. The minimum absolute atomic E-state index is 0.0511. The molecule has 2 aliphatic rings. The maximum atomic E-state index is 14.2. The lowest BCUT2D eigenvalue weighted by Gasteiger charge is -2.40. The first-order chi connectivity index (χ1) is 13.7. The largest absolute Gasteiger partial charge is 0.413 e. The van der Waals surface area contributed by atoms with Gasteiger partial charge in [0.25, 0.3) is 5.56 Å². The van der Waals surface area contributed by atoms with E-state index in [1.807, 2.05) is 11.0 Å². The van der Waals surface area contributed by atoms with Gasteiger partial charge in [-0.15, -0.1) is 0 Å². The van der Waals surface area contributed by atoms with Gasteiger partial charge in [0.15, 0.2) is 5.54 Å². The molecule has 0 spiro atoms. The van der Waals surface area contributed by atoms with Gasteiger partial charge in [0, 0.05) is 19.2 Å². The lowest BCUT2D eigenvalue weighted by Crippen LogP contribution is -2.56. The molecule has 0 bridgehead atoms. The number of halogens is 3. The maximum absolute atomic E-state index is 14.2. The zero-order valence-electron chi connectivity index (χ0n) is 16.3. The van der Waals surface area contributed by atoms with E-state index in [1.54, 1.807) is 31.2 Å². The third kappa shape index (κ3) is 3.27. The van der Waals surface area contributed by atoms with E-state index in [0.29, 0.717) is 32.1 Å². The average Bonchev–Trinajstić information content (AvgIpc) is 3.03. The molecule has 6 nitrogen and oxygen atoms in total. The first-order valence-corrected chi connectivity index (χ1v) is 9.58. The number of alkyl halides is 3. The van der Waals surface area contributed by atoms with Crippen LogP contribution in [0.25, 0.3) is 0 Å². The fourth-order valence-electron chi connectivity index (χ4n) is 4.08. The molecule has 0 radical (unpaired) electrons. The average molecular weight is 408 g/mol. The molecule has 1 unspecified atom stereocenters. The van der Waals surface area contributed by atoms with E-state index in [2.05, 4.69) is 4.98 Å². The van der Waals surface area contributed by atoms with Gasteiger partial charge in [-0.1, -0.05) is 30.3 Å². The highest BCUT2D eigenvalue weighted by Crippen LogP contribution is 2.47. The van der Waals surface area contributed by atoms with E-state index in [-0.39, 0.29) is 5.95 Å². The Bertz CT molecular complexity index is 941. The second-order valence-electron chi connectivity index (χ2n) is 7.67. The number of ether oxygens (including phenoxy) is 1. The van der Waals surface area contributed by atoms with Gasteiger partial charge in [0.05, 0.1) is 25.8 Å².